The van der Waals surface area contributed by atoms with Crippen LogP contribution < -0.4 is 10.6 Å². The molecule has 24 heavy (non-hydrogen) atoms. The van der Waals surface area contributed by atoms with Crippen molar-refractivity contribution in [1.29, 1.82) is 0 Å². The van der Waals surface area contributed by atoms with Crippen molar-refractivity contribution < 1.29 is 4.79 Å². The van der Waals surface area contributed by atoms with Gasteiger partial charge in [-0.25, -0.2) is 0 Å². The molecule has 2 N–H and O–H groups in total. The van der Waals surface area contributed by atoms with Gasteiger partial charge >= 0.3 is 0 Å². The average molecular weight is 328 g/mol. The molecule has 0 radical (unpaired) electrons. The monoisotopic (exact) mass is 328 g/mol. The van der Waals surface area contributed by atoms with E-state index >= 15 is 0 Å². The molecule has 3 rings (SSSR count). The van der Waals surface area contributed by atoms with E-state index in [-0.39, 0.29) is 11.9 Å². The number of aliphatic imine (C=N–C) groups is 1. The van der Waals surface area contributed by atoms with Gasteiger partial charge < -0.3 is 15.5 Å². The smallest absolute Gasteiger partial charge is 0.222 e. The van der Waals surface area contributed by atoms with Gasteiger partial charge in [-0.2, -0.15) is 0 Å². The fourth-order valence-corrected chi connectivity index (χ4v) is 3.49. The number of hydrogen-bond acceptors (Lipinski definition) is 2. The molecule has 5 nitrogen and oxygen atoms in total. The Hall–Kier alpha value is -2.04. The van der Waals surface area contributed by atoms with E-state index in [1.807, 2.05) is 14.0 Å². The van der Waals surface area contributed by atoms with Crippen LogP contribution in [-0.4, -0.2) is 49.0 Å². The highest BCUT2D eigenvalue weighted by atomic mass is 16.2. The van der Waals surface area contributed by atoms with Crippen molar-refractivity contribution in [1.82, 2.24) is 15.5 Å². The highest BCUT2D eigenvalue weighted by Crippen LogP contribution is 2.42. The lowest BCUT2D eigenvalue weighted by Gasteiger charge is -2.31. The molecule has 1 saturated heterocycles. The van der Waals surface area contributed by atoms with Gasteiger partial charge in [-0.3, -0.25) is 9.79 Å². The molecule has 5 heteroatoms. The first kappa shape index (κ1) is 16.8. The molecule has 1 aromatic rings. The van der Waals surface area contributed by atoms with Crippen molar-refractivity contribution in [2.75, 3.05) is 20.1 Å². The van der Waals surface area contributed by atoms with Crippen LogP contribution in [0.5, 0.6) is 0 Å². The van der Waals surface area contributed by atoms with Gasteiger partial charge in [-0.15, -0.1) is 0 Å². The molecule has 2 aliphatic rings. The molecule has 0 bridgehead atoms. The normalized spacial score (nSPS) is 27.1. The van der Waals surface area contributed by atoms with Gasteiger partial charge in [0.25, 0.3) is 0 Å². The molecule has 1 aliphatic carbocycles. The number of likely N-dealkylation sites (tertiary alicyclic amines) is 1. The second-order valence-electron chi connectivity index (χ2n) is 6.93. The predicted molar refractivity (Wildman–Crippen MR) is 97.2 cm³/mol. The Kier molecular flexibility index (Phi) is 5.07. The van der Waals surface area contributed by atoms with Crippen molar-refractivity contribution in [3.8, 4) is 0 Å². The number of piperidine rings is 1. The topological polar surface area (TPSA) is 56.7 Å². The molecule has 3 unspecified atom stereocenters. The summed E-state index contributed by atoms with van der Waals surface area (Å²) >= 11 is 0. The number of hydrogen-bond donors (Lipinski definition) is 2. The van der Waals surface area contributed by atoms with Gasteiger partial charge in [-0.1, -0.05) is 24.3 Å². The number of carbonyl (C=O) groups is 1. The second-order valence-corrected chi connectivity index (χ2v) is 6.93. The van der Waals surface area contributed by atoms with E-state index in [4.69, 9.17) is 0 Å². The number of benzene rings is 1. The van der Waals surface area contributed by atoms with Crippen molar-refractivity contribution in [2.24, 2.45) is 4.99 Å². The summed E-state index contributed by atoms with van der Waals surface area (Å²) < 4.78 is 0. The number of carbonyl (C=O) groups excluding carboxylic acids is 1. The van der Waals surface area contributed by atoms with Crippen LogP contribution in [0.4, 0.5) is 0 Å². The zero-order valence-electron chi connectivity index (χ0n) is 14.9. The third-order valence-electron chi connectivity index (χ3n) is 4.98. The summed E-state index contributed by atoms with van der Waals surface area (Å²) in [7, 11) is 1.87. The molecule has 0 spiro atoms. The average Bonchev–Trinajstić information content (AvgIpc) is 3.30. The number of likely N-dealkylation sites (N-methyl/N-ethyl adjacent to an activating group) is 1. The zero-order valence-corrected chi connectivity index (χ0v) is 14.9. The number of guanidine groups is 1. The van der Waals surface area contributed by atoms with Gasteiger partial charge in [0.05, 0.1) is 0 Å². The van der Waals surface area contributed by atoms with Gasteiger partial charge in [0.15, 0.2) is 5.96 Å². The highest BCUT2D eigenvalue weighted by Gasteiger charge is 2.40. The summed E-state index contributed by atoms with van der Waals surface area (Å²) in [4.78, 5) is 18.0. The molecule has 130 valence electrons. The molecule has 1 saturated carbocycles. The largest absolute Gasteiger partial charge is 0.353 e. The summed E-state index contributed by atoms with van der Waals surface area (Å²) in [6, 6.07) is 9.35. The van der Waals surface area contributed by atoms with E-state index in [1.54, 1.807) is 4.90 Å². The van der Waals surface area contributed by atoms with E-state index in [0.717, 1.165) is 31.9 Å². The first-order chi connectivity index (χ1) is 11.6. The minimum atomic E-state index is 0.233. The molecular weight excluding hydrogens is 300 g/mol. The molecule has 1 aromatic carbocycles. The Morgan fingerprint density at radius 3 is 2.83 bits per heavy atom. The number of amides is 1. The predicted octanol–water partition coefficient (Wildman–Crippen LogP) is 2.03. The second kappa shape index (κ2) is 7.24. The Bertz CT molecular complexity index is 628. The Labute approximate surface area is 144 Å². The first-order valence-electron chi connectivity index (χ1n) is 8.95. The lowest BCUT2D eigenvalue weighted by Crippen LogP contribution is -2.52. The van der Waals surface area contributed by atoms with Crippen LogP contribution in [0.15, 0.2) is 29.3 Å². The van der Waals surface area contributed by atoms with Crippen LogP contribution in [0, 0.1) is 6.92 Å². The first-order valence-corrected chi connectivity index (χ1v) is 8.95. The Balaban J connectivity index is 1.57. The lowest BCUT2D eigenvalue weighted by molar-refractivity contribution is -0.132. The maximum absolute atomic E-state index is 11.6. The summed E-state index contributed by atoms with van der Waals surface area (Å²) in [5.41, 5.74) is 2.80. The van der Waals surface area contributed by atoms with Gasteiger partial charge in [0, 0.05) is 44.6 Å². The fourth-order valence-electron chi connectivity index (χ4n) is 3.49. The Morgan fingerprint density at radius 1 is 1.33 bits per heavy atom. The third-order valence-corrected chi connectivity index (χ3v) is 4.98. The molecule has 1 amide bonds. The summed E-state index contributed by atoms with van der Waals surface area (Å²) in [6.07, 6.45) is 2.64. The molecule has 0 aromatic heterocycles. The van der Waals surface area contributed by atoms with Gasteiger partial charge in [0.1, 0.15) is 0 Å². The van der Waals surface area contributed by atoms with Crippen LogP contribution in [-0.2, 0) is 4.79 Å². The third kappa shape index (κ3) is 3.89. The van der Waals surface area contributed by atoms with E-state index in [1.165, 1.54) is 11.1 Å². The zero-order chi connectivity index (χ0) is 17.1. The van der Waals surface area contributed by atoms with Crippen molar-refractivity contribution in [2.45, 2.75) is 51.1 Å². The summed E-state index contributed by atoms with van der Waals surface area (Å²) in [5.74, 6) is 1.69. The van der Waals surface area contributed by atoms with Crippen LogP contribution in [0.25, 0.3) is 0 Å². The molecule has 3 atom stereocenters. The molecule has 1 aliphatic heterocycles. The van der Waals surface area contributed by atoms with Crippen molar-refractivity contribution >= 4 is 11.9 Å². The minimum absolute atomic E-state index is 0.233. The van der Waals surface area contributed by atoms with Crippen LogP contribution in [0.1, 0.15) is 43.2 Å². The van der Waals surface area contributed by atoms with Crippen molar-refractivity contribution in [3.63, 3.8) is 0 Å². The molecular formula is C19H28N4O. The summed E-state index contributed by atoms with van der Waals surface area (Å²) in [5, 5.41) is 7.09. The van der Waals surface area contributed by atoms with Crippen molar-refractivity contribution in [3.05, 3.63) is 35.4 Å². The molecule has 2 fully saturated rings. The van der Waals surface area contributed by atoms with Crippen LogP contribution in [0.2, 0.25) is 0 Å². The van der Waals surface area contributed by atoms with E-state index < -0.39 is 0 Å². The quantitative estimate of drug-likeness (QED) is 0.657. The molecule has 1 heterocycles. The Morgan fingerprint density at radius 2 is 2.12 bits per heavy atom. The fraction of sp³-hybridized carbons (Fsp3) is 0.579. The van der Waals surface area contributed by atoms with Gasteiger partial charge in [0.2, 0.25) is 5.91 Å². The standard InChI is InChI=1S/C19H28N4O/c1-4-20-19(21-14-9-10-18(24)23(3)12-14)22-17-11-16(17)15-8-6-5-7-13(15)2/h5-8,14,16-17H,4,9-12H2,1-3H3,(H2,20,21,22). The number of nitrogens with zero attached hydrogens (tertiary/aromatic N) is 2. The van der Waals surface area contributed by atoms with Gasteiger partial charge in [-0.05, 0) is 37.8 Å². The minimum Gasteiger partial charge on any atom is -0.353 e. The van der Waals surface area contributed by atoms with E-state index in [0.29, 0.717) is 18.4 Å². The highest BCUT2D eigenvalue weighted by molar-refractivity contribution is 5.82. The maximum atomic E-state index is 11.6. The number of nitrogens with one attached hydrogen (secondary N) is 2. The number of rotatable bonds is 4. The summed E-state index contributed by atoms with van der Waals surface area (Å²) in [6.45, 7) is 5.72. The number of aryl methyl sites for hydroxylation is 1. The lowest BCUT2D eigenvalue weighted by atomic mass is 10.0. The van der Waals surface area contributed by atoms with Crippen LogP contribution in [0.3, 0.4) is 0 Å². The van der Waals surface area contributed by atoms with E-state index in [2.05, 4.69) is 46.8 Å². The van der Waals surface area contributed by atoms with E-state index in [9.17, 15) is 4.79 Å². The van der Waals surface area contributed by atoms with Crippen LogP contribution >= 0.6 is 0 Å². The SMILES string of the molecule is CCN=C(NC1CCC(=O)N(C)C1)NC1CC1c1ccccc1C. The maximum Gasteiger partial charge on any atom is 0.222 e.